The van der Waals surface area contributed by atoms with Crippen LogP contribution >= 0.6 is 0 Å². The summed E-state index contributed by atoms with van der Waals surface area (Å²) >= 11 is 0. The highest BCUT2D eigenvalue weighted by molar-refractivity contribution is 7.89. The van der Waals surface area contributed by atoms with Gasteiger partial charge in [-0.2, -0.15) is 5.26 Å². The Morgan fingerprint density at radius 1 is 1.03 bits per heavy atom. The molecule has 0 saturated heterocycles. The van der Waals surface area contributed by atoms with E-state index in [0.717, 1.165) is 19.1 Å². The summed E-state index contributed by atoms with van der Waals surface area (Å²) in [6, 6.07) is 15.9. The van der Waals surface area contributed by atoms with Crippen LogP contribution < -0.4 is 15.4 Å². The monoisotopic (exact) mass is 510 g/mol. The molecule has 3 rings (SSSR count). The quantitative estimate of drug-likeness (QED) is 0.534. The first kappa shape index (κ1) is 26.5. The number of para-hydroxylation sites is 1. The van der Waals surface area contributed by atoms with Gasteiger partial charge < -0.3 is 15.2 Å². The predicted molar refractivity (Wildman–Crippen MR) is 131 cm³/mol. The van der Waals surface area contributed by atoms with Gasteiger partial charge in [-0.05, 0) is 31.5 Å². The van der Waals surface area contributed by atoms with Crippen LogP contribution in [0.2, 0.25) is 0 Å². The van der Waals surface area contributed by atoms with Crippen molar-refractivity contribution in [1.29, 1.82) is 5.26 Å². The molecule has 1 aliphatic rings. The standard InChI is InChI=1S/C25H26N4O6S/c1-15(2)28-36(32,33)19-13-9-8-12-18(19)29-22(25(31)35-4)21(24(30)34-3)20(17(14-26)23(29)27)16-10-6-5-7-11-16/h5-13,15,20,28H,27H2,1-4H3. The van der Waals surface area contributed by atoms with Crippen LogP contribution in [-0.2, 0) is 29.1 Å². The highest BCUT2D eigenvalue weighted by Crippen LogP contribution is 2.44. The van der Waals surface area contributed by atoms with Crippen LogP contribution in [0.15, 0.2) is 82.2 Å². The number of carbonyl (C=O) groups is 2. The summed E-state index contributed by atoms with van der Waals surface area (Å²) in [5.74, 6) is -3.17. The number of nitrogens with one attached hydrogen (secondary N) is 1. The molecule has 1 aliphatic heterocycles. The predicted octanol–water partition coefficient (Wildman–Crippen LogP) is 2.27. The van der Waals surface area contributed by atoms with Gasteiger partial charge in [0.2, 0.25) is 10.0 Å². The number of sulfonamides is 1. The normalized spacial score (nSPS) is 16.1. The molecule has 0 radical (unpaired) electrons. The van der Waals surface area contributed by atoms with Gasteiger partial charge in [0.15, 0.2) is 0 Å². The maximum atomic E-state index is 13.2. The topological polar surface area (TPSA) is 152 Å². The van der Waals surface area contributed by atoms with E-state index < -0.39 is 33.9 Å². The molecule has 0 fully saturated rings. The molecule has 1 heterocycles. The zero-order valence-electron chi connectivity index (χ0n) is 20.2. The summed E-state index contributed by atoms with van der Waals surface area (Å²) in [7, 11) is -1.85. The van der Waals surface area contributed by atoms with Crippen molar-refractivity contribution in [3.8, 4) is 6.07 Å². The van der Waals surface area contributed by atoms with E-state index >= 15 is 0 Å². The Balaban J connectivity index is 2.46. The number of nitriles is 1. The van der Waals surface area contributed by atoms with E-state index in [4.69, 9.17) is 15.2 Å². The number of nitrogens with two attached hydrogens (primary N) is 1. The average Bonchev–Trinajstić information content (AvgIpc) is 2.86. The molecule has 0 bridgehead atoms. The Hall–Kier alpha value is -4.14. The first-order valence-electron chi connectivity index (χ1n) is 10.9. The second-order valence-electron chi connectivity index (χ2n) is 8.08. The molecule has 0 amide bonds. The van der Waals surface area contributed by atoms with Gasteiger partial charge in [-0.15, -0.1) is 0 Å². The van der Waals surface area contributed by atoms with Crippen molar-refractivity contribution >= 4 is 27.6 Å². The molecule has 0 aliphatic carbocycles. The minimum atomic E-state index is -4.10. The van der Waals surface area contributed by atoms with Crippen molar-refractivity contribution in [1.82, 2.24) is 4.72 Å². The summed E-state index contributed by atoms with van der Waals surface area (Å²) < 4.78 is 38.8. The molecule has 0 aromatic heterocycles. The van der Waals surface area contributed by atoms with Gasteiger partial charge in [0, 0.05) is 6.04 Å². The Bertz CT molecular complexity index is 1390. The van der Waals surface area contributed by atoms with E-state index in [9.17, 15) is 23.3 Å². The third-order valence-corrected chi connectivity index (χ3v) is 7.10. The summed E-state index contributed by atoms with van der Waals surface area (Å²) in [4.78, 5) is 27.2. The first-order valence-corrected chi connectivity index (χ1v) is 12.3. The van der Waals surface area contributed by atoms with Crippen LogP contribution in [0.5, 0.6) is 0 Å². The van der Waals surface area contributed by atoms with Crippen molar-refractivity contribution < 1.29 is 27.5 Å². The number of methoxy groups -OCH3 is 2. The van der Waals surface area contributed by atoms with E-state index in [-0.39, 0.29) is 33.2 Å². The second kappa shape index (κ2) is 10.6. The Morgan fingerprint density at radius 2 is 1.61 bits per heavy atom. The molecular formula is C25H26N4O6S. The summed E-state index contributed by atoms with van der Waals surface area (Å²) in [6.07, 6.45) is 0. The summed E-state index contributed by atoms with van der Waals surface area (Å²) in [5.41, 5.74) is 6.27. The number of hydrogen-bond donors (Lipinski definition) is 2. The van der Waals surface area contributed by atoms with Crippen molar-refractivity contribution in [2.45, 2.75) is 30.7 Å². The SMILES string of the molecule is COC(=O)C1=C(C(=O)OC)N(c2ccccc2S(=O)(=O)NC(C)C)C(N)=C(C#N)C1c1ccccc1. The zero-order valence-corrected chi connectivity index (χ0v) is 21.0. The average molecular weight is 511 g/mol. The highest BCUT2D eigenvalue weighted by atomic mass is 32.2. The van der Waals surface area contributed by atoms with E-state index in [1.54, 1.807) is 50.2 Å². The lowest BCUT2D eigenvalue weighted by atomic mass is 9.81. The molecule has 188 valence electrons. The van der Waals surface area contributed by atoms with Gasteiger partial charge in [0.05, 0.1) is 43.0 Å². The number of ether oxygens (including phenoxy) is 2. The van der Waals surface area contributed by atoms with Gasteiger partial charge in [-0.3, -0.25) is 4.90 Å². The van der Waals surface area contributed by atoms with Gasteiger partial charge in [-0.25, -0.2) is 22.7 Å². The maximum absolute atomic E-state index is 13.2. The van der Waals surface area contributed by atoms with E-state index in [1.165, 1.54) is 18.2 Å². The van der Waals surface area contributed by atoms with Gasteiger partial charge in [0.25, 0.3) is 0 Å². The molecule has 3 N–H and O–H groups in total. The maximum Gasteiger partial charge on any atom is 0.355 e. The molecule has 1 atom stereocenters. The molecule has 11 heteroatoms. The third-order valence-electron chi connectivity index (χ3n) is 5.40. The molecule has 1 unspecified atom stereocenters. The number of allylic oxidation sites excluding steroid dienone is 1. The number of nitrogens with zero attached hydrogens (tertiary/aromatic N) is 2. The molecule has 0 saturated carbocycles. The number of rotatable bonds is 7. The van der Waals surface area contributed by atoms with E-state index in [0.29, 0.717) is 5.56 Å². The van der Waals surface area contributed by atoms with Crippen molar-refractivity contribution in [3.05, 3.63) is 82.8 Å². The number of hydrogen-bond acceptors (Lipinski definition) is 9. The van der Waals surface area contributed by atoms with Crippen LogP contribution in [0, 0.1) is 11.3 Å². The lowest BCUT2D eigenvalue weighted by Gasteiger charge is -2.36. The van der Waals surface area contributed by atoms with Crippen molar-refractivity contribution in [2.75, 3.05) is 19.1 Å². The number of carbonyl (C=O) groups excluding carboxylic acids is 2. The Morgan fingerprint density at radius 3 is 2.17 bits per heavy atom. The fraction of sp³-hybridized carbons (Fsp3) is 0.240. The number of benzene rings is 2. The van der Waals surface area contributed by atoms with Crippen LogP contribution in [0.1, 0.15) is 25.3 Å². The lowest BCUT2D eigenvalue weighted by Crippen LogP contribution is -2.42. The van der Waals surface area contributed by atoms with Crippen molar-refractivity contribution in [2.24, 2.45) is 5.73 Å². The number of anilines is 1. The van der Waals surface area contributed by atoms with Gasteiger partial charge in [-0.1, -0.05) is 42.5 Å². The van der Waals surface area contributed by atoms with E-state index in [2.05, 4.69) is 4.72 Å². The Labute approximate surface area is 209 Å². The van der Waals surface area contributed by atoms with Crippen LogP contribution in [0.3, 0.4) is 0 Å². The number of esters is 2. The van der Waals surface area contributed by atoms with Crippen LogP contribution in [-0.4, -0.2) is 40.6 Å². The molecule has 0 spiro atoms. The summed E-state index contributed by atoms with van der Waals surface area (Å²) in [6.45, 7) is 3.31. The van der Waals surface area contributed by atoms with Gasteiger partial charge >= 0.3 is 11.9 Å². The lowest BCUT2D eigenvalue weighted by molar-refractivity contribution is -0.139. The first-order chi connectivity index (χ1) is 17.1. The van der Waals surface area contributed by atoms with Crippen LogP contribution in [0.25, 0.3) is 0 Å². The van der Waals surface area contributed by atoms with Gasteiger partial charge in [0.1, 0.15) is 16.4 Å². The molecule has 10 nitrogen and oxygen atoms in total. The molecule has 2 aromatic rings. The highest BCUT2D eigenvalue weighted by Gasteiger charge is 2.44. The minimum absolute atomic E-state index is 0.0517. The van der Waals surface area contributed by atoms with Crippen molar-refractivity contribution in [3.63, 3.8) is 0 Å². The fourth-order valence-electron chi connectivity index (χ4n) is 4.01. The second-order valence-corrected chi connectivity index (χ2v) is 9.76. The largest absolute Gasteiger partial charge is 0.466 e. The molecule has 36 heavy (non-hydrogen) atoms. The zero-order chi connectivity index (χ0) is 26.6. The summed E-state index contributed by atoms with van der Waals surface area (Å²) in [5, 5.41) is 10.1. The minimum Gasteiger partial charge on any atom is -0.466 e. The third kappa shape index (κ3) is 4.82. The molecular weight excluding hydrogens is 484 g/mol. The fourth-order valence-corrected chi connectivity index (χ4v) is 5.45. The molecule has 2 aromatic carbocycles. The Kier molecular flexibility index (Phi) is 7.82. The van der Waals surface area contributed by atoms with E-state index in [1.807, 2.05) is 6.07 Å². The van der Waals surface area contributed by atoms with Crippen LogP contribution in [0.4, 0.5) is 5.69 Å². The smallest absolute Gasteiger partial charge is 0.355 e.